The molecule has 2 aliphatic heterocycles. The van der Waals surface area contributed by atoms with Crippen LogP contribution >= 0.6 is 0 Å². The number of para-hydroxylation sites is 1. The molecule has 5 heteroatoms. The van der Waals surface area contributed by atoms with E-state index in [1.165, 1.54) is 5.56 Å². The molecule has 1 saturated heterocycles. The van der Waals surface area contributed by atoms with E-state index >= 15 is 0 Å². The van der Waals surface area contributed by atoms with Gasteiger partial charge in [0.15, 0.2) is 0 Å². The lowest BCUT2D eigenvalue weighted by molar-refractivity contribution is -0.145. The number of likely N-dealkylation sites (tertiary alicyclic amines) is 1. The first-order chi connectivity index (χ1) is 14.7. The summed E-state index contributed by atoms with van der Waals surface area (Å²) in [5.41, 5.74) is 2.16. The van der Waals surface area contributed by atoms with Gasteiger partial charge in [-0.3, -0.25) is 14.7 Å². The Morgan fingerprint density at radius 3 is 2.60 bits per heavy atom. The monoisotopic (exact) mass is 407 g/mol. The van der Waals surface area contributed by atoms with Crippen molar-refractivity contribution in [1.29, 1.82) is 0 Å². The highest BCUT2D eigenvalue weighted by Gasteiger charge is 2.42. The number of rotatable bonds is 2. The minimum absolute atomic E-state index is 0.228. The SMILES string of the molecule is CN1CCOc2ccccc2CCCCC2(CCN(Cc3ccccn3)CC2)C1=O. The molecule has 0 radical (unpaired) electrons. The average molecular weight is 408 g/mol. The number of carbonyl (C=O) groups is 1. The van der Waals surface area contributed by atoms with Crippen LogP contribution in [0.5, 0.6) is 5.75 Å². The van der Waals surface area contributed by atoms with Gasteiger partial charge in [-0.25, -0.2) is 0 Å². The molecule has 1 fully saturated rings. The van der Waals surface area contributed by atoms with Gasteiger partial charge in [0.25, 0.3) is 0 Å². The number of nitrogens with zero attached hydrogens (tertiary/aromatic N) is 3. The molecule has 5 nitrogen and oxygen atoms in total. The van der Waals surface area contributed by atoms with Crippen LogP contribution in [-0.4, -0.2) is 54.0 Å². The fourth-order valence-electron chi connectivity index (χ4n) is 4.86. The van der Waals surface area contributed by atoms with Crippen LogP contribution in [0.25, 0.3) is 0 Å². The summed E-state index contributed by atoms with van der Waals surface area (Å²) in [4.78, 5) is 22.3. The van der Waals surface area contributed by atoms with Gasteiger partial charge in [0.05, 0.1) is 17.7 Å². The van der Waals surface area contributed by atoms with Gasteiger partial charge in [-0.05, 0) is 69.0 Å². The van der Waals surface area contributed by atoms with Crippen molar-refractivity contribution in [2.75, 3.05) is 33.3 Å². The number of hydrogen-bond acceptors (Lipinski definition) is 4. The number of amides is 1. The lowest BCUT2D eigenvalue weighted by Crippen LogP contribution is -2.50. The highest BCUT2D eigenvalue weighted by Crippen LogP contribution is 2.39. The molecule has 2 aliphatic rings. The molecular formula is C25H33N3O2. The molecule has 1 spiro atoms. The number of ether oxygens (including phenoxy) is 1. The Labute approximate surface area is 180 Å². The number of pyridine rings is 1. The molecule has 160 valence electrons. The summed E-state index contributed by atoms with van der Waals surface area (Å²) in [6.45, 7) is 3.95. The van der Waals surface area contributed by atoms with Crippen molar-refractivity contribution in [3.63, 3.8) is 0 Å². The van der Waals surface area contributed by atoms with Crippen molar-refractivity contribution in [3.05, 3.63) is 59.9 Å². The highest BCUT2D eigenvalue weighted by atomic mass is 16.5. The van der Waals surface area contributed by atoms with E-state index < -0.39 is 0 Å². The molecule has 1 amide bonds. The lowest BCUT2D eigenvalue weighted by Gasteiger charge is -2.43. The minimum atomic E-state index is -0.228. The summed E-state index contributed by atoms with van der Waals surface area (Å²) in [5.74, 6) is 1.27. The first-order valence-electron chi connectivity index (χ1n) is 11.2. The van der Waals surface area contributed by atoms with Crippen LogP contribution in [0.15, 0.2) is 48.7 Å². The zero-order valence-corrected chi connectivity index (χ0v) is 18.1. The predicted octanol–water partition coefficient (Wildman–Crippen LogP) is 3.93. The summed E-state index contributed by atoms with van der Waals surface area (Å²) < 4.78 is 6.03. The molecule has 0 saturated carbocycles. The van der Waals surface area contributed by atoms with E-state index in [-0.39, 0.29) is 5.41 Å². The molecule has 30 heavy (non-hydrogen) atoms. The van der Waals surface area contributed by atoms with Gasteiger partial charge in [0, 0.05) is 19.8 Å². The number of likely N-dealkylation sites (N-methyl/N-ethyl adjacent to an activating group) is 1. The summed E-state index contributed by atoms with van der Waals surface area (Å²) in [7, 11) is 1.94. The van der Waals surface area contributed by atoms with Gasteiger partial charge < -0.3 is 9.64 Å². The van der Waals surface area contributed by atoms with Gasteiger partial charge in [0.1, 0.15) is 12.4 Å². The van der Waals surface area contributed by atoms with Gasteiger partial charge in [0.2, 0.25) is 5.91 Å². The molecular weight excluding hydrogens is 374 g/mol. The van der Waals surface area contributed by atoms with Crippen molar-refractivity contribution in [1.82, 2.24) is 14.8 Å². The van der Waals surface area contributed by atoms with E-state index in [2.05, 4.69) is 28.1 Å². The third kappa shape index (κ3) is 4.84. The molecule has 2 aromatic rings. The van der Waals surface area contributed by atoms with E-state index in [1.807, 2.05) is 42.4 Å². The third-order valence-corrected chi connectivity index (χ3v) is 6.73. The number of carbonyl (C=O) groups excluding carboxylic acids is 1. The molecule has 3 heterocycles. The Morgan fingerprint density at radius 2 is 1.80 bits per heavy atom. The maximum absolute atomic E-state index is 13.5. The molecule has 0 aliphatic carbocycles. The number of fused-ring (bicyclic) bond motifs is 1. The molecule has 0 unspecified atom stereocenters. The first-order valence-corrected chi connectivity index (χ1v) is 11.2. The molecule has 0 N–H and O–H groups in total. The van der Waals surface area contributed by atoms with Crippen LogP contribution in [0, 0.1) is 5.41 Å². The van der Waals surface area contributed by atoms with Crippen molar-refractivity contribution >= 4 is 5.91 Å². The van der Waals surface area contributed by atoms with Crippen LogP contribution in [0.1, 0.15) is 43.4 Å². The van der Waals surface area contributed by atoms with Crippen LogP contribution in [0.3, 0.4) is 0 Å². The van der Waals surface area contributed by atoms with Crippen molar-refractivity contribution in [2.45, 2.75) is 45.1 Å². The number of benzene rings is 1. The second-order valence-corrected chi connectivity index (χ2v) is 8.77. The normalized spacial score (nSPS) is 20.7. The van der Waals surface area contributed by atoms with E-state index in [0.29, 0.717) is 19.1 Å². The van der Waals surface area contributed by atoms with Crippen molar-refractivity contribution in [3.8, 4) is 5.75 Å². The third-order valence-electron chi connectivity index (χ3n) is 6.73. The Kier molecular flexibility index (Phi) is 6.68. The number of aryl methyl sites for hydroxylation is 1. The second kappa shape index (κ2) is 9.61. The molecule has 1 aromatic carbocycles. The van der Waals surface area contributed by atoms with E-state index in [4.69, 9.17) is 4.74 Å². The average Bonchev–Trinajstić information content (AvgIpc) is 2.78. The van der Waals surface area contributed by atoms with E-state index in [1.54, 1.807) is 0 Å². The molecule has 4 rings (SSSR count). The van der Waals surface area contributed by atoms with E-state index in [9.17, 15) is 4.79 Å². The highest BCUT2D eigenvalue weighted by molar-refractivity contribution is 5.82. The summed E-state index contributed by atoms with van der Waals surface area (Å²) in [5, 5.41) is 0. The van der Waals surface area contributed by atoms with Gasteiger partial charge >= 0.3 is 0 Å². The van der Waals surface area contributed by atoms with Gasteiger partial charge in [-0.15, -0.1) is 0 Å². The number of aromatic nitrogens is 1. The zero-order valence-electron chi connectivity index (χ0n) is 18.1. The number of piperidine rings is 1. The standard InChI is InChI=1S/C25H33N3O2/c1-27-18-19-30-23-11-3-2-8-21(23)9-4-6-12-25(24(27)29)13-16-28(17-14-25)20-22-10-5-7-15-26-22/h2-3,5,7-8,10-11,15H,4,6,9,12-14,16-20H2,1H3. The quantitative estimate of drug-likeness (QED) is 0.757. The second-order valence-electron chi connectivity index (χ2n) is 8.77. The molecule has 0 bridgehead atoms. The molecule has 0 atom stereocenters. The molecule has 1 aromatic heterocycles. The predicted molar refractivity (Wildman–Crippen MR) is 118 cm³/mol. The fraction of sp³-hybridized carbons (Fsp3) is 0.520. The zero-order chi connectivity index (χ0) is 20.8. The largest absolute Gasteiger partial charge is 0.491 e. The Hall–Kier alpha value is -2.40. The maximum Gasteiger partial charge on any atom is 0.228 e. The summed E-state index contributed by atoms with van der Waals surface area (Å²) >= 11 is 0. The van der Waals surface area contributed by atoms with Crippen LogP contribution in [-0.2, 0) is 17.8 Å². The van der Waals surface area contributed by atoms with Crippen molar-refractivity contribution in [2.24, 2.45) is 5.41 Å². The van der Waals surface area contributed by atoms with Crippen LogP contribution < -0.4 is 4.74 Å². The van der Waals surface area contributed by atoms with Gasteiger partial charge in [-0.2, -0.15) is 0 Å². The number of hydrogen-bond donors (Lipinski definition) is 0. The van der Waals surface area contributed by atoms with Gasteiger partial charge in [-0.1, -0.05) is 30.7 Å². The van der Waals surface area contributed by atoms with Crippen LogP contribution in [0.4, 0.5) is 0 Å². The van der Waals surface area contributed by atoms with Crippen molar-refractivity contribution < 1.29 is 9.53 Å². The Balaban J connectivity index is 1.43. The Bertz CT molecular complexity index is 831. The maximum atomic E-state index is 13.5. The fourth-order valence-corrected chi connectivity index (χ4v) is 4.86. The summed E-state index contributed by atoms with van der Waals surface area (Å²) in [6.07, 6.45) is 7.89. The smallest absolute Gasteiger partial charge is 0.228 e. The topological polar surface area (TPSA) is 45.7 Å². The van der Waals surface area contributed by atoms with E-state index in [0.717, 1.165) is 69.6 Å². The Morgan fingerprint density at radius 1 is 1.00 bits per heavy atom. The summed E-state index contributed by atoms with van der Waals surface area (Å²) in [6, 6.07) is 14.4. The minimum Gasteiger partial charge on any atom is -0.491 e. The van der Waals surface area contributed by atoms with Crippen LogP contribution in [0.2, 0.25) is 0 Å². The first kappa shape index (κ1) is 20.9. The lowest BCUT2D eigenvalue weighted by atomic mass is 9.73.